The molecule has 1 aromatic carbocycles. The van der Waals surface area contributed by atoms with Gasteiger partial charge in [-0.2, -0.15) is 18.3 Å². The van der Waals surface area contributed by atoms with Gasteiger partial charge in [0, 0.05) is 36.0 Å². The lowest BCUT2D eigenvalue weighted by atomic mass is 10.0. The molecule has 0 spiro atoms. The van der Waals surface area contributed by atoms with Crippen LogP contribution < -0.4 is 4.90 Å². The molecule has 1 amide bonds. The van der Waals surface area contributed by atoms with Crippen molar-refractivity contribution in [1.82, 2.24) is 14.8 Å². The minimum Gasteiger partial charge on any atom is -0.305 e. The maximum Gasteiger partial charge on any atom is 0.417 e. The second-order valence-corrected chi connectivity index (χ2v) is 7.79. The van der Waals surface area contributed by atoms with Crippen LogP contribution in [-0.2, 0) is 12.6 Å². The Kier molecular flexibility index (Phi) is 5.49. The zero-order valence-electron chi connectivity index (χ0n) is 16.5. The van der Waals surface area contributed by atoms with E-state index in [1.54, 1.807) is 6.92 Å². The van der Waals surface area contributed by atoms with Gasteiger partial charge in [-0.1, -0.05) is 11.6 Å². The van der Waals surface area contributed by atoms with E-state index in [-0.39, 0.29) is 36.0 Å². The van der Waals surface area contributed by atoms with Crippen LogP contribution in [0.4, 0.5) is 23.2 Å². The lowest BCUT2D eigenvalue weighted by Crippen LogP contribution is -2.43. The van der Waals surface area contributed by atoms with E-state index in [0.29, 0.717) is 5.56 Å². The molecule has 0 saturated carbocycles. The van der Waals surface area contributed by atoms with Crippen LogP contribution >= 0.6 is 11.6 Å². The van der Waals surface area contributed by atoms with Crippen molar-refractivity contribution < 1.29 is 27.2 Å². The molecule has 0 fully saturated rings. The van der Waals surface area contributed by atoms with Crippen molar-refractivity contribution in [1.29, 1.82) is 0 Å². The first-order chi connectivity index (χ1) is 15.1. The summed E-state index contributed by atoms with van der Waals surface area (Å²) in [5, 5.41) is 3.67. The molecule has 2 aromatic heterocycles. The molecule has 1 aliphatic heterocycles. The van der Waals surface area contributed by atoms with Gasteiger partial charge < -0.3 is 4.90 Å². The molecule has 3 heterocycles. The van der Waals surface area contributed by atoms with Crippen molar-refractivity contribution in [3.63, 3.8) is 0 Å². The molecule has 4 rings (SSSR count). The van der Waals surface area contributed by atoms with Gasteiger partial charge in [0.05, 0.1) is 29.0 Å². The third-order valence-corrected chi connectivity index (χ3v) is 5.44. The van der Waals surface area contributed by atoms with E-state index in [9.17, 15) is 27.2 Å². The monoisotopic (exact) mass is 466 g/mol. The lowest BCUT2D eigenvalue weighted by Gasteiger charge is -2.32. The number of hydrogen-bond acceptors (Lipinski definition) is 4. The Morgan fingerprint density at radius 3 is 2.62 bits per heavy atom. The fraction of sp³-hybridized carbons (Fsp3) is 0.238. The summed E-state index contributed by atoms with van der Waals surface area (Å²) in [5.74, 6) is -1.65. The van der Waals surface area contributed by atoms with Gasteiger partial charge in [0.25, 0.3) is 5.91 Å². The number of halogens is 5. The maximum atomic E-state index is 13.4. The van der Waals surface area contributed by atoms with Crippen LogP contribution in [0, 0.1) is 5.82 Å². The van der Waals surface area contributed by atoms with E-state index in [1.165, 1.54) is 28.0 Å². The summed E-state index contributed by atoms with van der Waals surface area (Å²) < 4.78 is 53.9. The van der Waals surface area contributed by atoms with Crippen LogP contribution in [0.5, 0.6) is 0 Å². The molecule has 1 aliphatic rings. The first kappa shape index (κ1) is 21.9. The Hall–Kier alpha value is -3.27. The highest BCUT2D eigenvalue weighted by Crippen LogP contribution is 2.37. The zero-order chi connectivity index (χ0) is 23.2. The van der Waals surface area contributed by atoms with Gasteiger partial charge in [-0.15, -0.1) is 0 Å². The summed E-state index contributed by atoms with van der Waals surface area (Å²) in [6.07, 6.45) is -1.26. The van der Waals surface area contributed by atoms with E-state index in [4.69, 9.17) is 11.6 Å². The Balaban J connectivity index is 1.66. The third kappa shape index (κ3) is 3.97. The number of anilines is 1. The van der Waals surface area contributed by atoms with Crippen LogP contribution in [0.15, 0.2) is 42.9 Å². The van der Waals surface area contributed by atoms with Gasteiger partial charge in [-0.05, 0) is 31.2 Å². The number of hydrogen-bond donors (Lipinski definition) is 0. The van der Waals surface area contributed by atoms with Crippen molar-refractivity contribution in [3.05, 3.63) is 76.1 Å². The summed E-state index contributed by atoms with van der Waals surface area (Å²) in [6.45, 7) is 1.93. The molecule has 11 heteroatoms. The standard InChI is InChI=1S/C21H15ClF4N4O2/c1-11-10-29(15-2-3-16(17(22)6-15)21(24,25)26)20(32)19-13(8-28-30(11)19)5-18(31)12-4-14(23)9-27-7-12/h2-4,6-9,11H,5,10H2,1H3/t11-/m0/s1. The van der Waals surface area contributed by atoms with E-state index in [0.717, 1.165) is 24.4 Å². The number of carbonyl (C=O) groups is 2. The number of Topliss-reactive ketones (excluding diaryl/α,β-unsaturated/α-hetero) is 1. The number of nitrogens with zero attached hydrogens (tertiary/aromatic N) is 4. The average molecular weight is 467 g/mol. The van der Waals surface area contributed by atoms with Crippen LogP contribution in [0.25, 0.3) is 0 Å². The van der Waals surface area contributed by atoms with Crippen molar-refractivity contribution in [3.8, 4) is 0 Å². The number of amides is 1. The minimum absolute atomic E-state index is 0.0487. The molecule has 166 valence electrons. The highest BCUT2D eigenvalue weighted by molar-refractivity contribution is 6.31. The van der Waals surface area contributed by atoms with Crippen LogP contribution in [-0.4, -0.2) is 33.0 Å². The number of pyridine rings is 1. The number of rotatable bonds is 4. The number of fused-ring (bicyclic) bond motifs is 1. The number of ketones is 1. The number of benzene rings is 1. The first-order valence-corrected chi connectivity index (χ1v) is 9.83. The Bertz CT molecular complexity index is 1220. The molecule has 32 heavy (non-hydrogen) atoms. The zero-order valence-corrected chi connectivity index (χ0v) is 17.3. The minimum atomic E-state index is -4.62. The van der Waals surface area contributed by atoms with E-state index in [2.05, 4.69) is 10.1 Å². The van der Waals surface area contributed by atoms with Crippen LogP contribution in [0.1, 0.15) is 44.9 Å². The van der Waals surface area contributed by atoms with Crippen LogP contribution in [0.3, 0.4) is 0 Å². The molecule has 0 aliphatic carbocycles. The van der Waals surface area contributed by atoms with E-state index < -0.39 is 34.3 Å². The summed E-state index contributed by atoms with van der Waals surface area (Å²) in [6, 6.07) is 3.82. The van der Waals surface area contributed by atoms with Crippen molar-refractivity contribution in [2.45, 2.75) is 25.6 Å². The van der Waals surface area contributed by atoms with Crippen molar-refractivity contribution in [2.75, 3.05) is 11.4 Å². The fourth-order valence-electron chi connectivity index (χ4n) is 3.61. The quantitative estimate of drug-likeness (QED) is 0.411. The molecule has 0 saturated heterocycles. The Morgan fingerprint density at radius 2 is 1.97 bits per heavy atom. The number of carbonyl (C=O) groups excluding carboxylic acids is 2. The van der Waals surface area contributed by atoms with Crippen molar-refractivity contribution in [2.24, 2.45) is 0 Å². The second kappa shape index (κ2) is 8.01. The largest absolute Gasteiger partial charge is 0.417 e. The molecule has 0 radical (unpaired) electrons. The molecule has 3 aromatic rings. The van der Waals surface area contributed by atoms with E-state index in [1.807, 2.05) is 0 Å². The molecular formula is C21H15ClF4N4O2. The predicted molar refractivity (Wildman–Crippen MR) is 107 cm³/mol. The van der Waals surface area contributed by atoms with Crippen LogP contribution in [0.2, 0.25) is 5.02 Å². The van der Waals surface area contributed by atoms with Gasteiger partial charge in [-0.3, -0.25) is 19.3 Å². The molecule has 0 N–H and O–H groups in total. The molecule has 0 bridgehead atoms. The maximum absolute atomic E-state index is 13.4. The van der Waals surface area contributed by atoms with Crippen molar-refractivity contribution >= 4 is 29.0 Å². The van der Waals surface area contributed by atoms with Gasteiger partial charge in [0.2, 0.25) is 0 Å². The Labute approximate surface area is 184 Å². The second-order valence-electron chi connectivity index (χ2n) is 7.38. The molecular weight excluding hydrogens is 452 g/mol. The third-order valence-electron chi connectivity index (χ3n) is 5.13. The van der Waals surface area contributed by atoms with Gasteiger partial charge in [0.15, 0.2) is 5.78 Å². The summed E-state index contributed by atoms with van der Waals surface area (Å²) in [7, 11) is 0. The normalized spacial score (nSPS) is 16.2. The Morgan fingerprint density at radius 1 is 1.22 bits per heavy atom. The summed E-state index contributed by atoms with van der Waals surface area (Å²) in [5.41, 5.74) is -0.303. The lowest BCUT2D eigenvalue weighted by molar-refractivity contribution is -0.137. The highest BCUT2D eigenvalue weighted by Gasteiger charge is 2.36. The molecule has 0 unspecified atom stereocenters. The van der Waals surface area contributed by atoms with E-state index >= 15 is 0 Å². The van der Waals surface area contributed by atoms with Gasteiger partial charge in [0.1, 0.15) is 11.5 Å². The smallest absolute Gasteiger partial charge is 0.305 e. The number of aromatic nitrogens is 3. The molecule has 6 nitrogen and oxygen atoms in total. The highest BCUT2D eigenvalue weighted by atomic mass is 35.5. The first-order valence-electron chi connectivity index (χ1n) is 9.45. The predicted octanol–water partition coefficient (Wildman–Crippen LogP) is 4.74. The fourth-order valence-corrected chi connectivity index (χ4v) is 3.89. The van der Waals surface area contributed by atoms with Gasteiger partial charge >= 0.3 is 6.18 Å². The average Bonchev–Trinajstić information content (AvgIpc) is 3.14. The summed E-state index contributed by atoms with van der Waals surface area (Å²) >= 11 is 5.82. The SMILES string of the molecule is C[C@H]1CN(c2ccc(C(F)(F)F)c(Cl)c2)C(=O)c2c(CC(=O)c3cncc(F)c3)cnn21. The molecule has 1 atom stereocenters. The van der Waals surface area contributed by atoms with Gasteiger partial charge in [-0.25, -0.2) is 4.39 Å². The summed E-state index contributed by atoms with van der Waals surface area (Å²) in [4.78, 5) is 30.7. The number of alkyl halides is 3. The topological polar surface area (TPSA) is 68.1 Å².